The summed E-state index contributed by atoms with van der Waals surface area (Å²) in [6, 6.07) is 0. The van der Waals surface area contributed by atoms with Gasteiger partial charge in [0.1, 0.15) is 0 Å². The Morgan fingerprint density at radius 1 is 1.08 bits per heavy atom. The molecule has 0 spiro atoms. The summed E-state index contributed by atoms with van der Waals surface area (Å²) in [4.78, 5) is 26.3. The normalized spacial score (nSPS) is 18.5. The van der Waals surface area contributed by atoms with Crippen molar-refractivity contribution in [1.82, 2.24) is 4.90 Å². The second-order valence-corrected chi connectivity index (χ2v) is 8.45. The molecule has 0 heterocycles. The fourth-order valence-corrected chi connectivity index (χ4v) is 3.19. The van der Waals surface area contributed by atoms with Gasteiger partial charge < -0.3 is 9.64 Å². The maximum Gasteiger partial charge on any atom is 0.310 e. The Labute approximate surface area is 153 Å². The van der Waals surface area contributed by atoms with E-state index >= 15 is 0 Å². The van der Waals surface area contributed by atoms with E-state index in [0.717, 1.165) is 11.1 Å². The van der Waals surface area contributed by atoms with Crippen molar-refractivity contribution in [3.63, 3.8) is 0 Å². The molecule has 0 saturated heterocycles. The van der Waals surface area contributed by atoms with Crippen LogP contribution in [-0.2, 0) is 14.3 Å². The van der Waals surface area contributed by atoms with Crippen molar-refractivity contribution in [1.29, 1.82) is 0 Å². The Balaban J connectivity index is 2.88. The number of esters is 1. The third-order valence-electron chi connectivity index (χ3n) is 6.43. The number of carbonyl (C=O) groups is 2. The number of carbonyl (C=O) groups excluding carboxylic acids is 2. The van der Waals surface area contributed by atoms with Gasteiger partial charge in [-0.25, -0.2) is 0 Å². The van der Waals surface area contributed by atoms with E-state index in [0.29, 0.717) is 12.8 Å². The van der Waals surface area contributed by atoms with Gasteiger partial charge in [-0.2, -0.15) is 0 Å². The molecule has 0 N–H and O–H groups in total. The topological polar surface area (TPSA) is 46.6 Å². The van der Waals surface area contributed by atoms with Crippen LogP contribution < -0.4 is 0 Å². The molecule has 0 fully saturated rings. The molecule has 0 aromatic heterocycles. The van der Waals surface area contributed by atoms with Gasteiger partial charge in [-0.1, -0.05) is 20.8 Å². The monoisotopic (exact) mass is 349 g/mol. The molecule has 1 aliphatic rings. The van der Waals surface area contributed by atoms with Crippen molar-refractivity contribution in [3.05, 3.63) is 22.3 Å². The van der Waals surface area contributed by atoms with Crippen LogP contribution >= 0.6 is 0 Å². The lowest BCUT2D eigenvalue weighted by atomic mass is 9.76. The molecule has 4 heteroatoms. The SMILES string of the molecule is CC1=C(C)C(C)(OC(=O)C(C)C(C)(C)CCC(=O)N(C)C)C(C)=C1C. The van der Waals surface area contributed by atoms with Gasteiger partial charge in [0, 0.05) is 20.5 Å². The van der Waals surface area contributed by atoms with Crippen molar-refractivity contribution in [2.45, 2.75) is 73.8 Å². The smallest absolute Gasteiger partial charge is 0.310 e. The Hall–Kier alpha value is -1.58. The van der Waals surface area contributed by atoms with Crippen LogP contribution in [0.3, 0.4) is 0 Å². The van der Waals surface area contributed by atoms with E-state index in [2.05, 4.69) is 13.8 Å². The number of ether oxygens (including phenoxy) is 1. The molecule has 1 aliphatic carbocycles. The fraction of sp³-hybridized carbons (Fsp3) is 0.714. The molecule has 4 nitrogen and oxygen atoms in total. The van der Waals surface area contributed by atoms with E-state index in [-0.39, 0.29) is 23.2 Å². The van der Waals surface area contributed by atoms with Gasteiger partial charge in [0.15, 0.2) is 5.60 Å². The molecular weight excluding hydrogens is 314 g/mol. The van der Waals surface area contributed by atoms with Gasteiger partial charge in [0.2, 0.25) is 5.91 Å². The second-order valence-electron chi connectivity index (χ2n) is 8.45. The molecule has 0 bridgehead atoms. The molecule has 1 amide bonds. The lowest BCUT2D eigenvalue weighted by Crippen LogP contribution is -2.39. The van der Waals surface area contributed by atoms with E-state index in [9.17, 15) is 9.59 Å². The summed E-state index contributed by atoms with van der Waals surface area (Å²) in [5, 5.41) is 0. The number of amides is 1. The van der Waals surface area contributed by atoms with Crippen LogP contribution in [0.2, 0.25) is 0 Å². The highest BCUT2D eigenvalue weighted by molar-refractivity contribution is 5.77. The van der Waals surface area contributed by atoms with Crippen LogP contribution in [0.15, 0.2) is 22.3 Å². The zero-order chi connectivity index (χ0) is 19.7. The minimum Gasteiger partial charge on any atom is -0.450 e. The predicted octanol–water partition coefficient (Wildman–Crippen LogP) is 4.51. The molecule has 0 radical (unpaired) electrons. The minimum absolute atomic E-state index is 0.0835. The summed E-state index contributed by atoms with van der Waals surface area (Å²) in [5.41, 5.74) is 3.64. The Bertz CT molecular complexity index is 599. The number of hydrogen-bond acceptors (Lipinski definition) is 3. The van der Waals surface area contributed by atoms with E-state index in [1.807, 2.05) is 41.5 Å². The Morgan fingerprint density at radius 2 is 1.52 bits per heavy atom. The largest absolute Gasteiger partial charge is 0.450 e. The average molecular weight is 350 g/mol. The lowest BCUT2D eigenvalue weighted by Gasteiger charge is -2.35. The first-order valence-electron chi connectivity index (χ1n) is 9.05. The maximum atomic E-state index is 12.9. The number of allylic oxidation sites excluding steroid dienone is 2. The number of hydrogen-bond donors (Lipinski definition) is 0. The predicted molar refractivity (Wildman–Crippen MR) is 102 cm³/mol. The van der Waals surface area contributed by atoms with E-state index < -0.39 is 5.60 Å². The second kappa shape index (κ2) is 7.35. The summed E-state index contributed by atoms with van der Waals surface area (Å²) in [6.45, 7) is 16.2. The van der Waals surface area contributed by atoms with Crippen molar-refractivity contribution < 1.29 is 14.3 Å². The third-order valence-corrected chi connectivity index (χ3v) is 6.43. The van der Waals surface area contributed by atoms with Gasteiger partial charge in [0.25, 0.3) is 0 Å². The summed E-state index contributed by atoms with van der Waals surface area (Å²) >= 11 is 0. The summed E-state index contributed by atoms with van der Waals surface area (Å²) in [6.07, 6.45) is 1.09. The average Bonchev–Trinajstić information content (AvgIpc) is 2.67. The van der Waals surface area contributed by atoms with Gasteiger partial charge in [-0.05, 0) is 68.7 Å². The standard InChI is InChI=1S/C21H35NO3/c1-13-14(2)16(4)21(8,15(13)3)25-19(24)17(5)20(6,7)12-11-18(23)22(9)10/h17H,11-12H2,1-10H3. The minimum atomic E-state index is -0.658. The number of rotatable bonds is 6. The first-order valence-corrected chi connectivity index (χ1v) is 9.05. The first-order chi connectivity index (χ1) is 11.3. The van der Waals surface area contributed by atoms with Crippen LogP contribution in [0.1, 0.15) is 68.2 Å². The first kappa shape index (κ1) is 21.5. The summed E-state index contributed by atoms with van der Waals surface area (Å²) < 4.78 is 6.02. The third kappa shape index (κ3) is 4.16. The molecule has 142 valence electrons. The van der Waals surface area contributed by atoms with Crippen molar-refractivity contribution in [2.75, 3.05) is 14.1 Å². The van der Waals surface area contributed by atoms with Crippen LogP contribution in [0.5, 0.6) is 0 Å². The Morgan fingerprint density at radius 3 is 1.92 bits per heavy atom. The highest BCUT2D eigenvalue weighted by atomic mass is 16.6. The zero-order valence-corrected chi connectivity index (χ0v) is 17.7. The molecule has 0 saturated carbocycles. The number of nitrogens with zero attached hydrogens (tertiary/aromatic N) is 1. The van der Waals surface area contributed by atoms with Crippen molar-refractivity contribution in [3.8, 4) is 0 Å². The Kier molecular flexibility index (Phi) is 6.31. The molecule has 0 aromatic carbocycles. The highest BCUT2D eigenvalue weighted by Gasteiger charge is 2.42. The molecule has 25 heavy (non-hydrogen) atoms. The highest BCUT2D eigenvalue weighted by Crippen LogP contribution is 2.43. The van der Waals surface area contributed by atoms with Gasteiger partial charge >= 0.3 is 5.97 Å². The summed E-state index contributed by atoms with van der Waals surface area (Å²) in [7, 11) is 3.51. The van der Waals surface area contributed by atoms with Crippen LogP contribution in [0.25, 0.3) is 0 Å². The zero-order valence-electron chi connectivity index (χ0n) is 17.7. The molecule has 1 unspecified atom stereocenters. The van der Waals surface area contributed by atoms with E-state index in [1.54, 1.807) is 19.0 Å². The van der Waals surface area contributed by atoms with Crippen molar-refractivity contribution >= 4 is 11.9 Å². The van der Waals surface area contributed by atoms with Gasteiger partial charge in [-0.15, -0.1) is 0 Å². The van der Waals surface area contributed by atoms with E-state index in [4.69, 9.17) is 4.74 Å². The molecule has 1 rings (SSSR count). The van der Waals surface area contributed by atoms with E-state index in [1.165, 1.54) is 11.1 Å². The fourth-order valence-electron chi connectivity index (χ4n) is 3.19. The molecule has 0 aliphatic heterocycles. The van der Waals surface area contributed by atoms with Crippen LogP contribution in [-0.4, -0.2) is 36.5 Å². The molecule has 0 aromatic rings. The quantitative estimate of drug-likeness (QED) is 0.663. The van der Waals surface area contributed by atoms with Crippen LogP contribution in [0.4, 0.5) is 0 Å². The molecular formula is C21H35NO3. The van der Waals surface area contributed by atoms with Crippen LogP contribution in [0, 0.1) is 11.3 Å². The maximum absolute atomic E-state index is 12.9. The van der Waals surface area contributed by atoms with Gasteiger partial charge in [0.05, 0.1) is 5.92 Å². The van der Waals surface area contributed by atoms with Crippen molar-refractivity contribution in [2.24, 2.45) is 11.3 Å². The van der Waals surface area contributed by atoms with Gasteiger partial charge in [-0.3, -0.25) is 9.59 Å². The lowest BCUT2D eigenvalue weighted by molar-refractivity contribution is -0.161. The summed E-state index contributed by atoms with van der Waals surface area (Å²) in [5.74, 6) is -0.410. The molecule has 1 atom stereocenters.